The van der Waals surface area contributed by atoms with E-state index in [0.717, 1.165) is 11.1 Å². The van der Waals surface area contributed by atoms with Crippen LogP contribution < -0.4 is 10.9 Å². The first kappa shape index (κ1) is 17.0. The van der Waals surface area contributed by atoms with Crippen molar-refractivity contribution in [2.45, 2.75) is 20.0 Å². The molecule has 0 saturated heterocycles. The molecule has 1 N–H and O–H groups in total. The zero-order chi connectivity index (χ0) is 19.0. The third-order valence-electron chi connectivity index (χ3n) is 4.61. The summed E-state index contributed by atoms with van der Waals surface area (Å²) in [5.41, 5.74) is 3.28. The minimum atomic E-state index is -0.456. The summed E-state index contributed by atoms with van der Waals surface area (Å²) in [5.74, 6) is -0.763. The van der Waals surface area contributed by atoms with E-state index in [0.29, 0.717) is 23.1 Å². The molecule has 0 spiro atoms. The Bertz CT molecular complexity index is 1210. The van der Waals surface area contributed by atoms with Crippen molar-refractivity contribution in [2.75, 3.05) is 0 Å². The smallest absolute Gasteiger partial charge is 0.275 e. The minimum Gasteiger partial charge on any atom is -0.350 e. The minimum absolute atomic E-state index is 0.174. The summed E-state index contributed by atoms with van der Waals surface area (Å²) in [6.07, 6.45) is 1.75. The fraction of sp³-hybridized carbons (Fsp3) is 0.143. The van der Waals surface area contributed by atoms with Gasteiger partial charge in [0.1, 0.15) is 17.9 Å². The van der Waals surface area contributed by atoms with Crippen molar-refractivity contribution >= 4 is 22.5 Å². The van der Waals surface area contributed by atoms with Gasteiger partial charge in [0.2, 0.25) is 5.91 Å². The summed E-state index contributed by atoms with van der Waals surface area (Å²) in [6, 6.07) is 15.5. The maximum Gasteiger partial charge on any atom is 0.275 e. The maximum absolute atomic E-state index is 13.8. The zero-order valence-corrected chi connectivity index (χ0v) is 14.8. The number of nitrogens with one attached hydrogen (secondary N) is 1. The van der Waals surface area contributed by atoms with Gasteiger partial charge in [0.15, 0.2) is 0 Å². The van der Waals surface area contributed by atoms with Gasteiger partial charge in [-0.25, -0.2) is 4.39 Å². The van der Waals surface area contributed by atoms with E-state index in [4.69, 9.17) is 0 Å². The molecule has 0 aliphatic rings. The van der Waals surface area contributed by atoms with Crippen LogP contribution >= 0.6 is 0 Å². The van der Waals surface area contributed by atoms with Crippen LogP contribution in [0.3, 0.4) is 0 Å². The molecule has 5 nitrogen and oxygen atoms in total. The van der Waals surface area contributed by atoms with Crippen LogP contribution in [0.2, 0.25) is 0 Å². The molecule has 136 valence electrons. The number of nitrogens with zero attached hydrogens (tertiary/aromatic N) is 2. The van der Waals surface area contributed by atoms with Crippen molar-refractivity contribution in [1.29, 1.82) is 0 Å². The summed E-state index contributed by atoms with van der Waals surface area (Å²) in [6.45, 7) is 2.19. The number of rotatable bonds is 4. The van der Waals surface area contributed by atoms with Crippen LogP contribution in [-0.4, -0.2) is 14.9 Å². The van der Waals surface area contributed by atoms with Crippen LogP contribution in [0.1, 0.15) is 11.1 Å². The lowest BCUT2D eigenvalue weighted by Gasteiger charge is -2.13. The van der Waals surface area contributed by atoms with E-state index in [2.05, 4.69) is 5.32 Å². The number of halogens is 1. The van der Waals surface area contributed by atoms with Crippen molar-refractivity contribution in [3.63, 3.8) is 0 Å². The monoisotopic (exact) mass is 363 g/mol. The molecular weight excluding hydrogens is 345 g/mol. The van der Waals surface area contributed by atoms with Crippen molar-refractivity contribution in [2.24, 2.45) is 0 Å². The summed E-state index contributed by atoms with van der Waals surface area (Å²) >= 11 is 0. The van der Waals surface area contributed by atoms with E-state index < -0.39 is 5.82 Å². The number of aromatic nitrogens is 2. The first-order valence-electron chi connectivity index (χ1n) is 8.64. The van der Waals surface area contributed by atoms with Gasteiger partial charge < -0.3 is 9.72 Å². The van der Waals surface area contributed by atoms with E-state index in [1.54, 1.807) is 28.8 Å². The highest BCUT2D eigenvalue weighted by atomic mass is 19.1. The Balaban J connectivity index is 1.66. The van der Waals surface area contributed by atoms with Gasteiger partial charge in [0.05, 0.1) is 11.0 Å². The van der Waals surface area contributed by atoms with Gasteiger partial charge in [-0.3, -0.25) is 14.2 Å². The molecule has 0 bridgehead atoms. The van der Waals surface area contributed by atoms with Crippen molar-refractivity contribution in [3.05, 3.63) is 88.1 Å². The molecule has 4 aromatic rings. The third-order valence-corrected chi connectivity index (χ3v) is 4.61. The number of aryl methyl sites for hydroxylation is 1. The number of carbonyl (C=O) groups excluding carboxylic acids is 1. The highest BCUT2D eigenvalue weighted by Gasteiger charge is 2.14. The number of hydrogen-bond donors (Lipinski definition) is 1. The van der Waals surface area contributed by atoms with E-state index >= 15 is 0 Å². The van der Waals surface area contributed by atoms with Crippen molar-refractivity contribution < 1.29 is 9.18 Å². The summed E-state index contributed by atoms with van der Waals surface area (Å²) in [7, 11) is 0. The highest BCUT2D eigenvalue weighted by molar-refractivity contribution is 5.82. The first-order chi connectivity index (χ1) is 13.0. The topological polar surface area (TPSA) is 55.5 Å². The number of benzene rings is 2. The Morgan fingerprint density at radius 1 is 1.04 bits per heavy atom. The van der Waals surface area contributed by atoms with Gasteiger partial charge in [-0.05, 0) is 42.8 Å². The average molecular weight is 363 g/mol. The lowest BCUT2D eigenvalue weighted by molar-refractivity contribution is -0.121. The van der Waals surface area contributed by atoms with Gasteiger partial charge in [-0.15, -0.1) is 0 Å². The van der Waals surface area contributed by atoms with Crippen molar-refractivity contribution in [1.82, 2.24) is 14.3 Å². The molecule has 1 amide bonds. The zero-order valence-electron chi connectivity index (χ0n) is 14.8. The lowest BCUT2D eigenvalue weighted by atomic mass is 10.1. The largest absolute Gasteiger partial charge is 0.350 e. The highest BCUT2D eigenvalue weighted by Crippen LogP contribution is 2.16. The molecular formula is C21H18FN3O2. The maximum atomic E-state index is 13.8. The Morgan fingerprint density at radius 2 is 1.81 bits per heavy atom. The molecule has 27 heavy (non-hydrogen) atoms. The molecule has 0 atom stereocenters. The van der Waals surface area contributed by atoms with Gasteiger partial charge >= 0.3 is 0 Å². The second-order valence-electron chi connectivity index (χ2n) is 6.55. The SMILES string of the molecule is Cc1ccc(CNC(=O)Cn2c(=O)c3cccn3c3ccc(F)cc32)cc1. The van der Waals surface area contributed by atoms with Gasteiger partial charge in [0.25, 0.3) is 5.56 Å². The standard InChI is InChI=1S/C21H18FN3O2/c1-14-4-6-15(7-5-14)12-23-20(26)13-25-19-11-16(22)8-9-17(19)24-10-2-3-18(24)21(25)27/h2-11H,12-13H2,1H3,(H,23,26). The van der Waals surface area contributed by atoms with Gasteiger partial charge in [-0.1, -0.05) is 29.8 Å². The van der Waals surface area contributed by atoms with Crippen LogP contribution in [0.15, 0.2) is 65.6 Å². The average Bonchev–Trinajstić information content (AvgIpc) is 3.14. The quantitative estimate of drug-likeness (QED) is 0.606. The summed E-state index contributed by atoms with van der Waals surface area (Å²) in [5, 5.41) is 2.82. The summed E-state index contributed by atoms with van der Waals surface area (Å²) in [4.78, 5) is 25.2. The predicted molar refractivity (Wildman–Crippen MR) is 102 cm³/mol. The molecule has 0 unspecified atom stereocenters. The van der Waals surface area contributed by atoms with Gasteiger partial charge in [0, 0.05) is 12.7 Å². The molecule has 0 aliphatic heterocycles. The van der Waals surface area contributed by atoms with E-state index in [1.807, 2.05) is 31.2 Å². The molecule has 0 aliphatic carbocycles. The Hall–Kier alpha value is -3.41. The van der Waals surface area contributed by atoms with Crippen molar-refractivity contribution in [3.8, 4) is 0 Å². The Morgan fingerprint density at radius 3 is 2.59 bits per heavy atom. The molecule has 6 heteroatoms. The van der Waals surface area contributed by atoms with E-state index in [1.165, 1.54) is 16.7 Å². The van der Waals surface area contributed by atoms with Gasteiger partial charge in [-0.2, -0.15) is 0 Å². The van der Waals surface area contributed by atoms with Crippen LogP contribution in [0.4, 0.5) is 4.39 Å². The molecule has 2 aromatic heterocycles. The second-order valence-corrected chi connectivity index (χ2v) is 6.55. The molecule has 0 fully saturated rings. The number of hydrogen-bond acceptors (Lipinski definition) is 2. The first-order valence-corrected chi connectivity index (χ1v) is 8.64. The molecule has 2 heterocycles. The van der Waals surface area contributed by atoms with E-state index in [-0.39, 0.29) is 18.0 Å². The fourth-order valence-electron chi connectivity index (χ4n) is 3.19. The van der Waals surface area contributed by atoms with E-state index in [9.17, 15) is 14.0 Å². The predicted octanol–water partition coefficient (Wildman–Crippen LogP) is 3.02. The Labute approximate surface area is 154 Å². The van der Waals surface area contributed by atoms with Crippen LogP contribution in [0.5, 0.6) is 0 Å². The second kappa shape index (κ2) is 6.72. The summed E-state index contributed by atoms with van der Waals surface area (Å²) < 4.78 is 16.8. The number of amides is 1. The molecule has 0 radical (unpaired) electrons. The van der Waals surface area contributed by atoms with Crippen LogP contribution in [0.25, 0.3) is 16.6 Å². The number of carbonyl (C=O) groups is 1. The Kier molecular flexibility index (Phi) is 4.24. The number of fused-ring (bicyclic) bond motifs is 3. The van der Waals surface area contributed by atoms with Crippen LogP contribution in [0, 0.1) is 12.7 Å². The molecule has 0 saturated carbocycles. The molecule has 4 rings (SSSR count). The third kappa shape index (κ3) is 3.21. The lowest BCUT2D eigenvalue weighted by Crippen LogP contribution is -2.33. The van der Waals surface area contributed by atoms with Crippen LogP contribution in [-0.2, 0) is 17.9 Å². The molecule has 2 aromatic carbocycles. The fourth-order valence-corrected chi connectivity index (χ4v) is 3.19. The normalized spacial score (nSPS) is 11.2.